The first-order valence-electron chi connectivity index (χ1n) is 9.24. The molecule has 5 nitrogen and oxygen atoms in total. The Morgan fingerprint density at radius 3 is 2.42 bits per heavy atom. The van der Waals surface area contributed by atoms with Crippen LogP contribution >= 0.6 is 0 Å². The normalized spacial score (nSPS) is 18.1. The number of piperidine rings is 1. The zero-order chi connectivity index (χ0) is 18.1. The Kier molecular flexibility index (Phi) is 4.73. The van der Waals surface area contributed by atoms with Crippen molar-refractivity contribution < 1.29 is 8.42 Å². The molecular formula is C20H25N3O2S. The average molecular weight is 372 g/mol. The van der Waals surface area contributed by atoms with Gasteiger partial charge in [-0.05, 0) is 73.8 Å². The predicted octanol–water partition coefficient (Wildman–Crippen LogP) is 2.09. The maximum absolute atomic E-state index is 13.0. The molecule has 2 aromatic carbocycles. The van der Waals surface area contributed by atoms with E-state index in [-0.39, 0.29) is 0 Å². The van der Waals surface area contributed by atoms with E-state index in [0.717, 1.165) is 50.0 Å². The highest BCUT2D eigenvalue weighted by Gasteiger charge is 2.28. The molecule has 4 rings (SSSR count). The van der Waals surface area contributed by atoms with Crippen molar-refractivity contribution in [2.24, 2.45) is 5.73 Å². The lowest BCUT2D eigenvalue weighted by Gasteiger charge is -2.33. The predicted molar refractivity (Wildman–Crippen MR) is 103 cm³/mol. The minimum absolute atomic E-state index is 0.322. The fourth-order valence-electron chi connectivity index (χ4n) is 4.01. The van der Waals surface area contributed by atoms with Gasteiger partial charge in [-0.2, -0.15) is 0 Å². The summed E-state index contributed by atoms with van der Waals surface area (Å²) in [7, 11) is -3.50. The molecule has 2 aliphatic rings. The minimum Gasteiger partial charge on any atom is -0.368 e. The van der Waals surface area contributed by atoms with Crippen LogP contribution in [-0.2, 0) is 22.8 Å². The van der Waals surface area contributed by atoms with Crippen molar-refractivity contribution in [3.05, 3.63) is 53.6 Å². The van der Waals surface area contributed by atoms with Gasteiger partial charge in [0.2, 0.25) is 9.84 Å². The van der Waals surface area contributed by atoms with Crippen LogP contribution in [0.25, 0.3) is 0 Å². The second-order valence-corrected chi connectivity index (χ2v) is 9.02. The van der Waals surface area contributed by atoms with Crippen molar-refractivity contribution >= 4 is 15.5 Å². The van der Waals surface area contributed by atoms with Gasteiger partial charge in [0.15, 0.2) is 0 Å². The Morgan fingerprint density at radius 2 is 1.73 bits per heavy atom. The molecule has 2 heterocycles. The lowest BCUT2D eigenvalue weighted by Crippen LogP contribution is -2.42. The van der Waals surface area contributed by atoms with Crippen LogP contribution in [0.1, 0.15) is 24.0 Å². The highest BCUT2D eigenvalue weighted by molar-refractivity contribution is 7.91. The Labute approximate surface area is 155 Å². The summed E-state index contributed by atoms with van der Waals surface area (Å²) in [6, 6.07) is 13.0. The molecule has 0 aliphatic carbocycles. The molecule has 26 heavy (non-hydrogen) atoms. The van der Waals surface area contributed by atoms with E-state index in [2.05, 4.69) is 10.2 Å². The van der Waals surface area contributed by atoms with Crippen LogP contribution in [0.3, 0.4) is 0 Å². The van der Waals surface area contributed by atoms with Crippen molar-refractivity contribution in [3.8, 4) is 0 Å². The summed E-state index contributed by atoms with van der Waals surface area (Å²) in [4.78, 5) is 3.16. The standard InChI is InChI=1S/C20H25N3O2S/c21-14-15-1-3-18(4-2-15)26(24,25)19-5-6-20-16(13-19)9-12-23(20)17-7-10-22-11-8-17/h1-6,13,17,22H,7-12,14,21H2. The number of anilines is 1. The first kappa shape index (κ1) is 17.5. The molecule has 0 atom stereocenters. The van der Waals surface area contributed by atoms with E-state index in [1.807, 2.05) is 12.1 Å². The summed E-state index contributed by atoms with van der Waals surface area (Å²) in [5, 5.41) is 3.40. The molecule has 0 unspecified atom stereocenters. The van der Waals surface area contributed by atoms with Gasteiger partial charge >= 0.3 is 0 Å². The van der Waals surface area contributed by atoms with E-state index in [1.165, 1.54) is 5.69 Å². The lowest BCUT2D eigenvalue weighted by atomic mass is 10.0. The summed E-state index contributed by atoms with van der Waals surface area (Å²) in [5.74, 6) is 0. The topological polar surface area (TPSA) is 75.4 Å². The van der Waals surface area contributed by atoms with Crippen molar-refractivity contribution in [2.75, 3.05) is 24.5 Å². The summed E-state index contributed by atoms with van der Waals surface area (Å²) in [6.45, 7) is 3.50. The molecule has 0 aromatic heterocycles. The quantitative estimate of drug-likeness (QED) is 0.861. The molecule has 0 radical (unpaired) electrons. The summed E-state index contributed by atoms with van der Waals surface area (Å²) < 4.78 is 25.9. The molecule has 2 aromatic rings. The monoisotopic (exact) mass is 371 g/mol. The van der Waals surface area contributed by atoms with Crippen molar-refractivity contribution in [1.29, 1.82) is 0 Å². The molecule has 1 saturated heterocycles. The molecule has 2 aliphatic heterocycles. The highest BCUT2D eigenvalue weighted by Crippen LogP contribution is 2.34. The van der Waals surface area contributed by atoms with Crippen molar-refractivity contribution in [3.63, 3.8) is 0 Å². The lowest BCUT2D eigenvalue weighted by molar-refractivity contribution is 0.435. The SMILES string of the molecule is NCc1ccc(S(=O)(=O)c2ccc3c(c2)CCN3C2CCNCC2)cc1. The van der Waals surface area contributed by atoms with Crippen LogP contribution < -0.4 is 16.0 Å². The maximum atomic E-state index is 13.0. The molecule has 0 bridgehead atoms. The molecule has 138 valence electrons. The van der Waals surface area contributed by atoms with Gasteiger partial charge in [-0.25, -0.2) is 8.42 Å². The first-order chi connectivity index (χ1) is 12.6. The summed E-state index contributed by atoms with van der Waals surface area (Å²) in [6.07, 6.45) is 3.20. The van der Waals surface area contributed by atoms with Gasteiger partial charge in [-0.15, -0.1) is 0 Å². The maximum Gasteiger partial charge on any atom is 0.206 e. The number of hydrogen-bond donors (Lipinski definition) is 2. The van der Waals surface area contributed by atoms with E-state index in [4.69, 9.17) is 5.73 Å². The van der Waals surface area contributed by atoms with E-state index < -0.39 is 9.84 Å². The van der Waals surface area contributed by atoms with Crippen molar-refractivity contribution in [2.45, 2.75) is 41.6 Å². The number of nitrogens with one attached hydrogen (secondary N) is 1. The van der Waals surface area contributed by atoms with Crippen molar-refractivity contribution in [1.82, 2.24) is 5.32 Å². The number of fused-ring (bicyclic) bond motifs is 1. The number of hydrogen-bond acceptors (Lipinski definition) is 5. The Morgan fingerprint density at radius 1 is 1.04 bits per heavy atom. The van der Waals surface area contributed by atoms with E-state index in [1.54, 1.807) is 30.3 Å². The first-order valence-corrected chi connectivity index (χ1v) is 10.7. The number of rotatable bonds is 4. The largest absolute Gasteiger partial charge is 0.368 e. The molecule has 0 saturated carbocycles. The summed E-state index contributed by atoms with van der Waals surface area (Å²) >= 11 is 0. The van der Waals surface area contributed by atoms with Crippen LogP contribution in [0.15, 0.2) is 52.3 Å². The number of sulfone groups is 1. The van der Waals surface area contributed by atoms with Gasteiger partial charge in [-0.3, -0.25) is 0 Å². The molecule has 3 N–H and O–H groups in total. The molecule has 0 spiro atoms. The molecular weight excluding hydrogens is 346 g/mol. The molecule has 6 heteroatoms. The van der Waals surface area contributed by atoms with E-state index in [9.17, 15) is 8.42 Å². The zero-order valence-corrected chi connectivity index (χ0v) is 15.6. The van der Waals surface area contributed by atoms with Gasteiger partial charge in [0, 0.05) is 24.8 Å². The van der Waals surface area contributed by atoms with Gasteiger partial charge in [0.05, 0.1) is 9.79 Å². The number of benzene rings is 2. The highest BCUT2D eigenvalue weighted by atomic mass is 32.2. The fraction of sp³-hybridized carbons (Fsp3) is 0.400. The minimum atomic E-state index is -3.50. The van der Waals surface area contributed by atoms with Crippen LogP contribution in [0.2, 0.25) is 0 Å². The number of nitrogens with zero attached hydrogens (tertiary/aromatic N) is 1. The Bertz CT molecular complexity index is 888. The third-order valence-electron chi connectivity index (χ3n) is 5.51. The smallest absolute Gasteiger partial charge is 0.206 e. The van der Waals surface area contributed by atoms with Crippen LogP contribution in [0.5, 0.6) is 0 Å². The Balaban J connectivity index is 1.62. The third-order valence-corrected chi connectivity index (χ3v) is 7.28. The average Bonchev–Trinajstić information content (AvgIpc) is 3.12. The van der Waals surface area contributed by atoms with Gasteiger partial charge in [-0.1, -0.05) is 12.1 Å². The van der Waals surface area contributed by atoms with Crippen LogP contribution in [0.4, 0.5) is 5.69 Å². The second kappa shape index (κ2) is 7.02. The van der Waals surface area contributed by atoms with Gasteiger partial charge in [0.1, 0.15) is 0 Å². The van der Waals surface area contributed by atoms with Gasteiger partial charge in [0.25, 0.3) is 0 Å². The van der Waals surface area contributed by atoms with Crippen LogP contribution in [-0.4, -0.2) is 34.1 Å². The van der Waals surface area contributed by atoms with Crippen LogP contribution in [0, 0.1) is 0 Å². The van der Waals surface area contributed by atoms with E-state index in [0.29, 0.717) is 22.4 Å². The molecule has 0 amide bonds. The zero-order valence-electron chi connectivity index (χ0n) is 14.8. The third kappa shape index (κ3) is 3.13. The van der Waals surface area contributed by atoms with E-state index >= 15 is 0 Å². The second-order valence-electron chi connectivity index (χ2n) is 7.07. The van der Waals surface area contributed by atoms with Gasteiger partial charge < -0.3 is 16.0 Å². The number of nitrogens with two attached hydrogens (primary N) is 1. The summed E-state index contributed by atoms with van der Waals surface area (Å²) in [5.41, 5.74) is 8.87. The fourth-order valence-corrected chi connectivity index (χ4v) is 5.32. The molecule has 1 fully saturated rings. The Hall–Kier alpha value is -1.89.